The molecule has 0 aliphatic heterocycles. The molecule has 0 aliphatic carbocycles. The van der Waals surface area contributed by atoms with Gasteiger partial charge in [0, 0.05) is 30.4 Å². The van der Waals surface area contributed by atoms with Gasteiger partial charge in [0.05, 0.1) is 31.3 Å². The maximum atomic E-state index is 11.7. The van der Waals surface area contributed by atoms with Gasteiger partial charge in [-0.05, 0) is 18.6 Å². The molecule has 2 aromatic rings. The largest absolute Gasteiger partial charge is 0.490 e. The van der Waals surface area contributed by atoms with Crippen LogP contribution in [0.5, 0.6) is 5.75 Å². The lowest BCUT2D eigenvalue weighted by Crippen LogP contribution is -2.08. The Kier molecular flexibility index (Phi) is 4.95. The van der Waals surface area contributed by atoms with E-state index in [1.807, 2.05) is 0 Å². The molecule has 0 fully saturated rings. The molecule has 1 heterocycles. The Morgan fingerprint density at radius 3 is 2.70 bits per heavy atom. The number of ether oxygens (including phenoxy) is 2. The highest BCUT2D eigenvalue weighted by molar-refractivity contribution is 5.79. The molecule has 0 aliphatic rings. The van der Waals surface area contributed by atoms with Crippen LogP contribution in [0, 0.1) is 10.1 Å². The van der Waals surface area contributed by atoms with Crippen LogP contribution in [0.2, 0.25) is 0 Å². The van der Waals surface area contributed by atoms with Gasteiger partial charge in [-0.3, -0.25) is 19.6 Å². The number of carbonyl (C=O) groups is 1. The van der Waals surface area contributed by atoms with E-state index in [-0.39, 0.29) is 24.5 Å². The molecule has 0 bridgehead atoms. The van der Waals surface area contributed by atoms with Crippen LogP contribution in [0.15, 0.2) is 24.5 Å². The summed E-state index contributed by atoms with van der Waals surface area (Å²) in [7, 11) is 3.11. The van der Waals surface area contributed by atoms with E-state index in [0.29, 0.717) is 16.7 Å². The van der Waals surface area contributed by atoms with E-state index in [1.165, 1.54) is 13.2 Å². The zero-order chi connectivity index (χ0) is 17.0. The lowest BCUT2D eigenvalue weighted by molar-refractivity contribution is -0.385. The average Bonchev–Trinajstić information content (AvgIpc) is 2.93. The van der Waals surface area contributed by atoms with Crippen LogP contribution in [0.4, 0.5) is 5.69 Å². The molecule has 0 saturated heterocycles. The van der Waals surface area contributed by atoms with Gasteiger partial charge in [0.15, 0.2) is 0 Å². The minimum absolute atomic E-state index is 0.0497. The number of esters is 1. The Balaban J connectivity index is 2.55. The molecule has 122 valence electrons. The molecule has 1 aromatic heterocycles. The number of nitro groups is 1. The quantitative estimate of drug-likeness (QED) is 0.459. The number of methoxy groups -OCH3 is 1. The van der Waals surface area contributed by atoms with Crippen LogP contribution in [0.25, 0.3) is 11.1 Å². The number of aryl methyl sites for hydroxylation is 1. The van der Waals surface area contributed by atoms with Crippen LogP contribution >= 0.6 is 0 Å². The molecule has 0 unspecified atom stereocenters. The molecule has 2 rings (SSSR count). The van der Waals surface area contributed by atoms with Gasteiger partial charge in [0.2, 0.25) is 5.75 Å². The molecule has 0 saturated carbocycles. The number of hydrogen-bond acceptors (Lipinski definition) is 6. The minimum Gasteiger partial charge on any atom is -0.490 e. The first-order chi connectivity index (χ1) is 11.0. The van der Waals surface area contributed by atoms with Crippen molar-refractivity contribution in [1.29, 1.82) is 0 Å². The zero-order valence-electron chi connectivity index (χ0n) is 13.1. The van der Waals surface area contributed by atoms with E-state index >= 15 is 0 Å². The standard InChI is InChI=1S/C15H17N3O5/c1-4-23-14(19)7-10-5-12(11-8-16-17(2)9-11)15(22-3)13(6-10)18(20)21/h5-6,8-9H,4,7H2,1-3H3. The minimum atomic E-state index is -0.534. The van der Waals surface area contributed by atoms with Crippen LogP contribution in [-0.2, 0) is 23.0 Å². The lowest BCUT2D eigenvalue weighted by Gasteiger charge is -2.10. The van der Waals surface area contributed by atoms with Crippen molar-refractivity contribution in [2.24, 2.45) is 7.05 Å². The van der Waals surface area contributed by atoms with Gasteiger partial charge in [-0.15, -0.1) is 0 Å². The van der Waals surface area contributed by atoms with Gasteiger partial charge < -0.3 is 9.47 Å². The highest BCUT2D eigenvalue weighted by atomic mass is 16.6. The van der Waals surface area contributed by atoms with Crippen LogP contribution in [-0.4, -0.2) is 34.4 Å². The third-order valence-electron chi connectivity index (χ3n) is 3.20. The predicted octanol–water partition coefficient (Wildman–Crippen LogP) is 2.11. The van der Waals surface area contributed by atoms with E-state index in [9.17, 15) is 14.9 Å². The summed E-state index contributed by atoms with van der Waals surface area (Å²) >= 11 is 0. The van der Waals surface area contributed by atoms with E-state index in [1.54, 1.807) is 37.1 Å². The van der Waals surface area contributed by atoms with E-state index in [0.717, 1.165) is 0 Å². The molecule has 8 heteroatoms. The van der Waals surface area contributed by atoms with Crippen molar-refractivity contribution in [3.63, 3.8) is 0 Å². The van der Waals surface area contributed by atoms with Crippen molar-refractivity contribution < 1.29 is 19.2 Å². The number of nitrogens with zero attached hydrogens (tertiary/aromatic N) is 3. The number of aromatic nitrogens is 2. The van der Waals surface area contributed by atoms with Gasteiger partial charge in [0.1, 0.15) is 0 Å². The summed E-state index contributed by atoms with van der Waals surface area (Å²) in [4.78, 5) is 22.4. The van der Waals surface area contributed by atoms with Crippen LogP contribution in [0.1, 0.15) is 12.5 Å². The van der Waals surface area contributed by atoms with E-state index in [2.05, 4.69) is 5.10 Å². The predicted molar refractivity (Wildman–Crippen MR) is 82.2 cm³/mol. The smallest absolute Gasteiger partial charge is 0.311 e. The normalized spacial score (nSPS) is 10.4. The van der Waals surface area contributed by atoms with Gasteiger partial charge in [-0.1, -0.05) is 0 Å². The second kappa shape index (κ2) is 6.91. The molecule has 0 amide bonds. The summed E-state index contributed by atoms with van der Waals surface area (Å²) in [6.45, 7) is 1.96. The van der Waals surface area contributed by atoms with Crippen LogP contribution < -0.4 is 4.74 Å². The highest BCUT2D eigenvalue weighted by Crippen LogP contribution is 2.39. The number of nitro benzene ring substituents is 1. The molecular formula is C15H17N3O5. The van der Waals surface area contributed by atoms with Gasteiger partial charge in [0.25, 0.3) is 0 Å². The zero-order valence-corrected chi connectivity index (χ0v) is 13.1. The number of benzene rings is 1. The fraction of sp³-hybridized carbons (Fsp3) is 0.333. The Morgan fingerprint density at radius 1 is 1.43 bits per heavy atom. The molecule has 0 N–H and O–H groups in total. The number of rotatable bonds is 6. The highest BCUT2D eigenvalue weighted by Gasteiger charge is 2.23. The van der Waals surface area contributed by atoms with E-state index < -0.39 is 10.9 Å². The fourth-order valence-corrected chi connectivity index (χ4v) is 2.28. The molecule has 8 nitrogen and oxygen atoms in total. The van der Waals surface area contributed by atoms with Crippen LogP contribution in [0.3, 0.4) is 0 Å². The molecular weight excluding hydrogens is 302 g/mol. The third kappa shape index (κ3) is 3.65. The van der Waals surface area contributed by atoms with Gasteiger partial charge in [-0.25, -0.2) is 0 Å². The Bertz CT molecular complexity index is 739. The van der Waals surface area contributed by atoms with Crippen molar-refractivity contribution in [2.75, 3.05) is 13.7 Å². The maximum absolute atomic E-state index is 11.7. The van der Waals surface area contributed by atoms with Gasteiger partial charge in [-0.2, -0.15) is 5.10 Å². The Morgan fingerprint density at radius 2 is 2.17 bits per heavy atom. The SMILES string of the molecule is CCOC(=O)Cc1cc(-c2cnn(C)c2)c(OC)c([N+](=O)[O-])c1. The second-order valence-electron chi connectivity index (χ2n) is 4.84. The molecule has 23 heavy (non-hydrogen) atoms. The summed E-state index contributed by atoms with van der Waals surface area (Å²) < 4.78 is 11.7. The van der Waals surface area contributed by atoms with Crippen molar-refractivity contribution in [1.82, 2.24) is 9.78 Å². The first kappa shape index (κ1) is 16.5. The second-order valence-corrected chi connectivity index (χ2v) is 4.84. The monoisotopic (exact) mass is 319 g/mol. The van der Waals surface area contributed by atoms with Crippen molar-refractivity contribution in [2.45, 2.75) is 13.3 Å². The first-order valence-electron chi connectivity index (χ1n) is 6.96. The molecule has 0 radical (unpaired) electrons. The number of hydrogen-bond donors (Lipinski definition) is 0. The maximum Gasteiger partial charge on any atom is 0.311 e. The average molecular weight is 319 g/mol. The third-order valence-corrected chi connectivity index (χ3v) is 3.20. The molecule has 0 atom stereocenters. The van der Waals surface area contributed by atoms with Crippen molar-refractivity contribution >= 4 is 11.7 Å². The first-order valence-corrected chi connectivity index (χ1v) is 6.96. The van der Waals surface area contributed by atoms with Crippen molar-refractivity contribution in [3.8, 4) is 16.9 Å². The Hall–Kier alpha value is -2.90. The number of carbonyl (C=O) groups excluding carboxylic acids is 1. The molecule has 0 spiro atoms. The summed E-state index contributed by atoms with van der Waals surface area (Å²) in [6, 6.07) is 3.01. The Labute approximate surface area is 132 Å². The summed E-state index contributed by atoms with van der Waals surface area (Å²) in [5.74, 6) is -0.306. The lowest BCUT2D eigenvalue weighted by atomic mass is 10.0. The fourth-order valence-electron chi connectivity index (χ4n) is 2.28. The summed E-state index contributed by atoms with van der Waals surface area (Å²) in [5, 5.41) is 15.4. The van der Waals surface area contributed by atoms with Gasteiger partial charge >= 0.3 is 11.7 Å². The van der Waals surface area contributed by atoms with Crippen molar-refractivity contribution in [3.05, 3.63) is 40.2 Å². The molecule has 1 aromatic carbocycles. The topological polar surface area (TPSA) is 96.5 Å². The summed E-state index contributed by atoms with van der Waals surface area (Å²) in [6.07, 6.45) is 3.25. The summed E-state index contributed by atoms with van der Waals surface area (Å²) in [5.41, 5.74) is 1.45. The van der Waals surface area contributed by atoms with E-state index in [4.69, 9.17) is 9.47 Å².